The molecule has 1 aromatic heterocycles. The van der Waals surface area contributed by atoms with Crippen LogP contribution in [0.5, 0.6) is 0 Å². The summed E-state index contributed by atoms with van der Waals surface area (Å²) in [6, 6.07) is 15.2. The molecular weight excluding hydrogens is 368 g/mol. The summed E-state index contributed by atoms with van der Waals surface area (Å²) in [5.74, 6) is -1.08. The van der Waals surface area contributed by atoms with Crippen molar-refractivity contribution in [3.63, 3.8) is 0 Å². The van der Waals surface area contributed by atoms with Gasteiger partial charge in [-0.05, 0) is 23.3 Å². The van der Waals surface area contributed by atoms with E-state index in [4.69, 9.17) is 16.3 Å². The number of hydrogen-bond donors (Lipinski definition) is 1. The summed E-state index contributed by atoms with van der Waals surface area (Å²) in [7, 11) is 1.27. The highest BCUT2D eigenvalue weighted by Crippen LogP contribution is 2.15. The Morgan fingerprint density at radius 3 is 2.52 bits per heavy atom. The van der Waals surface area contributed by atoms with E-state index >= 15 is 0 Å². The maximum absolute atomic E-state index is 12.5. The third kappa shape index (κ3) is 4.71. The molecule has 0 aliphatic rings. The molecule has 2 aromatic carbocycles. The van der Waals surface area contributed by atoms with Gasteiger partial charge in [-0.2, -0.15) is 0 Å². The first kappa shape index (κ1) is 18.6. The number of hydrogen-bond acceptors (Lipinski definition) is 5. The van der Waals surface area contributed by atoms with Crippen molar-refractivity contribution in [2.24, 2.45) is 0 Å². The van der Waals surface area contributed by atoms with Crippen molar-refractivity contribution in [3.8, 4) is 0 Å². The molecule has 0 radical (unpaired) electrons. The summed E-state index contributed by atoms with van der Waals surface area (Å²) in [4.78, 5) is 24.6. The minimum absolute atomic E-state index is 0.105. The molecule has 0 bridgehead atoms. The Bertz CT molecular complexity index is 926. The minimum Gasteiger partial charge on any atom is -0.467 e. The van der Waals surface area contributed by atoms with Gasteiger partial charge in [-0.25, -0.2) is 9.48 Å². The summed E-state index contributed by atoms with van der Waals surface area (Å²) in [6.45, 7) is 0.441. The lowest BCUT2D eigenvalue weighted by Crippen LogP contribution is -2.34. The van der Waals surface area contributed by atoms with E-state index in [2.05, 4.69) is 15.6 Å². The number of benzene rings is 2. The molecule has 8 heteroatoms. The molecular formula is C19H17ClN4O3. The number of esters is 1. The summed E-state index contributed by atoms with van der Waals surface area (Å²) in [5.41, 5.74) is 1.69. The molecule has 1 heterocycles. The summed E-state index contributed by atoms with van der Waals surface area (Å²) in [6.07, 6.45) is 1.52. The zero-order chi connectivity index (χ0) is 19.2. The fourth-order valence-electron chi connectivity index (χ4n) is 2.50. The van der Waals surface area contributed by atoms with Gasteiger partial charge < -0.3 is 10.1 Å². The number of rotatable bonds is 6. The number of aromatic nitrogens is 3. The molecule has 3 rings (SSSR count). The highest BCUT2D eigenvalue weighted by atomic mass is 35.5. The van der Waals surface area contributed by atoms with Crippen LogP contribution in [0.1, 0.15) is 27.7 Å². The number of nitrogens with one attached hydrogen (secondary N) is 1. The lowest BCUT2D eigenvalue weighted by Gasteiger charge is -2.15. The second-order valence-electron chi connectivity index (χ2n) is 5.77. The van der Waals surface area contributed by atoms with Gasteiger partial charge in [-0.15, -0.1) is 5.10 Å². The van der Waals surface area contributed by atoms with E-state index in [0.717, 1.165) is 5.56 Å². The van der Waals surface area contributed by atoms with Crippen molar-refractivity contribution in [2.45, 2.75) is 12.6 Å². The van der Waals surface area contributed by atoms with Crippen molar-refractivity contribution < 1.29 is 14.3 Å². The number of ether oxygens (including phenoxy) is 1. The van der Waals surface area contributed by atoms with E-state index in [1.54, 1.807) is 36.4 Å². The van der Waals surface area contributed by atoms with Crippen molar-refractivity contribution in [1.29, 1.82) is 0 Å². The van der Waals surface area contributed by atoms with Crippen LogP contribution in [-0.2, 0) is 16.1 Å². The molecule has 0 aliphatic heterocycles. The molecule has 0 aliphatic carbocycles. The zero-order valence-corrected chi connectivity index (χ0v) is 15.3. The van der Waals surface area contributed by atoms with Crippen LogP contribution >= 0.6 is 11.6 Å². The quantitative estimate of drug-likeness (QED) is 0.660. The van der Waals surface area contributed by atoms with Gasteiger partial charge >= 0.3 is 5.97 Å². The molecule has 27 heavy (non-hydrogen) atoms. The molecule has 1 amide bonds. The summed E-state index contributed by atoms with van der Waals surface area (Å²) < 4.78 is 6.33. The van der Waals surface area contributed by atoms with Crippen molar-refractivity contribution in [2.75, 3.05) is 7.11 Å². The van der Waals surface area contributed by atoms with E-state index in [0.29, 0.717) is 17.1 Å². The molecule has 138 valence electrons. The van der Waals surface area contributed by atoms with Gasteiger partial charge in [0.1, 0.15) is 0 Å². The first-order chi connectivity index (χ1) is 13.1. The smallest absolute Gasteiger partial charge is 0.333 e. The third-order valence-electron chi connectivity index (χ3n) is 3.87. The number of carbonyl (C=O) groups is 2. The predicted octanol–water partition coefficient (Wildman–Crippen LogP) is 2.62. The standard InChI is InChI=1S/C19H17ClN4O3/c1-27-19(26)17(14-5-3-2-4-6-14)21-18(25)16-12-24(23-22-16)11-13-7-9-15(20)10-8-13/h2-10,12,17H,11H2,1H3,(H,21,25)/t17-/m0/s1. The van der Waals surface area contributed by atoms with Gasteiger partial charge in [0.15, 0.2) is 11.7 Å². The third-order valence-corrected chi connectivity index (χ3v) is 4.13. The first-order valence-corrected chi connectivity index (χ1v) is 8.53. The van der Waals surface area contributed by atoms with Crippen LogP contribution in [0.4, 0.5) is 0 Å². The van der Waals surface area contributed by atoms with Gasteiger partial charge in [0.05, 0.1) is 19.9 Å². The van der Waals surface area contributed by atoms with E-state index in [9.17, 15) is 9.59 Å². The lowest BCUT2D eigenvalue weighted by molar-refractivity contribution is -0.143. The van der Waals surface area contributed by atoms with Crippen LogP contribution in [0.25, 0.3) is 0 Å². The average Bonchev–Trinajstić information content (AvgIpc) is 3.16. The Balaban J connectivity index is 1.72. The molecule has 0 unspecified atom stereocenters. The van der Waals surface area contributed by atoms with Crippen LogP contribution in [0.15, 0.2) is 60.8 Å². The number of amides is 1. The Morgan fingerprint density at radius 2 is 1.85 bits per heavy atom. The van der Waals surface area contributed by atoms with Gasteiger partial charge in [0.25, 0.3) is 5.91 Å². The van der Waals surface area contributed by atoms with E-state index in [1.807, 2.05) is 18.2 Å². The highest BCUT2D eigenvalue weighted by Gasteiger charge is 2.25. The molecule has 3 aromatic rings. The molecule has 1 atom stereocenters. The van der Waals surface area contributed by atoms with Crippen molar-refractivity contribution in [1.82, 2.24) is 20.3 Å². The Hall–Kier alpha value is -3.19. The highest BCUT2D eigenvalue weighted by molar-refractivity contribution is 6.30. The van der Waals surface area contributed by atoms with E-state index in [-0.39, 0.29) is 5.69 Å². The van der Waals surface area contributed by atoms with Crippen molar-refractivity contribution >= 4 is 23.5 Å². The van der Waals surface area contributed by atoms with Crippen LogP contribution in [0, 0.1) is 0 Å². The molecule has 0 saturated carbocycles. The van der Waals surface area contributed by atoms with Gasteiger partial charge in [0, 0.05) is 5.02 Å². The molecule has 1 N–H and O–H groups in total. The summed E-state index contributed by atoms with van der Waals surface area (Å²) in [5, 5.41) is 11.1. The molecule has 0 spiro atoms. The van der Waals surface area contributed by atoms with E-state index in [1.165, 1.54) is 18.0 Å². The minimum atomic E-state index is -0.926. The topological polar surface area (TPSA) is 86.1 Å². The predicted molar refractivity (Wildman–Crippen MR) is 99.2 cm³/mol. The first-order valence-electron chi connectivity index (χ1n) is 8.15. The number of nitrogens with zero attached hydrogens (tertiary/aromatic N) is 3. The lowest BCUT2D eigenvalue weighted by atomic mass is 10.1. The summed E-state index contributed by atoms with van der Waals surface area (Å²) >= 11 is 5.87. The fourth-order valence-corrected chi connectivity index (χ4v) is 2.63. The van der Waals surface area contributed by atoms with Crippen LogP contribution < -0.4 is 5.32 Å². The van der Waals surface area contributed by atoms with Gasteiger partial charge in [-0.3, -0.25) is 4.79 Å². The normalized spacial score (nSPS) is 11.6. The Kier molecular flexibility index (Phi) is 5.83. The molecule has 0 fully saturated rings. The second kappa shape index (κ2) is 8.46. The second-order valence-corrected chi connectivity index (χ2v) is 6.20. The SMILES string of the molecule is COC(=O)[C@@H](NC(=O)c1cn(Cc2ccc(Cl)cc2)nn1)c1ccccc1. The number of carbonyl (C=O) groups excluding carboxylic acids is 2. The maximum atomic E-state index is 12.5. The monoisotopic (exact) mass is 384 g/mol. The maximum Gasteiger partial charge on any atom is 0.333 e. The van der Waals surface area contributed by atoms with E-state index < -0.39 is 17.9 Å². The number of methoxy groups -OCH3 is 1. The largest absolute Gasteiger partial charge is 0.467 e. The van der Waals surface area contributed by atoms with Gasteiger partial charge in [-0.1, -0.05) is 59.3 Å². The number of halogens is 1. The molecule has 0 saturated heterocycles. The fraction of sp³-hybridized carbons (Fsp3) is 0.158. The van der Waals surface area contributed by atoms with Crippen LogP contribution in [0.2, 0.25) is 5.02 Å². The van der Waals surface area contributed by atoms with Crippen LogP contribution in [-0.4, -0.2) is 34.0 Å². The van der Waals surface area contributed by atoms with Crippen LogP contribution in [0.3, 0.4) is 0 Å². The average molecular weight is 385 g/mol. The zero-order valence-electron chi connectivity index (χ0n) is 14.5. The Labute approximate surface area is 160 Å². The molecule has 7 nitrogen and oxygen atoms in total. The Morgan fingerprint density at radius 1 is 1.15 bits per heavy atom. The van der Waals surface area contributed by atoms with Crippen molar-refractivity contribution in [3.05, 3.63) is 82.6 Å². The van der Waals surface area contributed by atoms with Gasteiger partial charge in [0.2, 0.25) is 0 Å².